The van der Waals surface area contributed by atoms with Gasteiger partial charge in [0, 0.05) is 10.8 Å². The Morgan fingerprint density at radius 3 is 2.62 bits per heavy atom. The van der Waals surface area contributed by atoms with Gasteiger partial charge in [-0.25, -0.2) is 0 Å². The molecule has 0 amide bonds. The van der Waals surface area contributed by atoms with E-state index in [1.165, 1.54) is 6.42 Å². The second kappa shape index (κ2) is 6.48. The van der Waals surface area contributed by atoms with Crippen molar-refractivity contribution in [3.8, 4) is 0 Å². The molecule has 3 nitrogen and oxygen atoms in total. The monoisotopic (exact) mass is 301 g/mol. The van der Waals surface area contributed by atoms with Crippen molar-refractivity contribution in [3.63, 3.8) is 0 Å². The van der Waals surface area contributed by atoms with Gasteiger partial charge < -0.3 is 4.52 Å². The molecular weight excluding hydrogens is 282 g/mol. The number of carbonyl (C=O) groups is 1. The fourth-order valence-electron chi connectivity index (χ4n) is 2.79. The smallest absolute Gasteiger partial charge is 0.216 e. The van der Waals surface area contributed by atoms with E-state index in [2.05, 4.69) is 5.16 Å². The van der Waals surface area contributed by atoms with Crippen molar-refractivity contribution in [2.45, 2.75) is 48.8 Å². The number of ketones is 1. The maximum Gasteiger partial charge on any atom is 0.216 e. The molecule has 0 radical (unpaired) electrons. The Hall–Kier alpha value is -1.55. The number of hydrogen-bond acceptors (Lipinski definition) is 4. The van der Waals surface area contributed by atoms with Crippen molar-refractivity contribution in [1.82, 2.24) is 5.16 Å². The van der Waals surface area contributed by atoms with E-state index in [1.54, 1.807) is 11.8 Å². The minimum Gasteiger partial charge on any atom is -0.352 e. The van der Waals surface area contributed by atoms with Gasteiger partial charge in [0.2, 0.25) is 11.5 Å². The van der Waals surface area contributed by atoms with Crippen LogP contribution in [-0.4, -0.2) is 10.9 Å². The van der Waals surface area contributed by atoms with Crippen LogP contribution >= 0.6 is 11.8 Å². The molecule has 1 heterocycles. The molecule has 1 aromatic carbocycles. The highest BCUT2D eigenvalue weighted by molar-refractivity contribution is 7.99. The average Bonchev–Trinajstić information content (AvgIpc) is 2.90. The van der Waals surface area contributed by atoms with Crippen LogP contribution in [0, 0.1) is 12.8 Å². The summed E-state index contributed by atoms with van der Waals surface area (Å²) < 4.78 is 5.36. The van der Waals surface area contributed by atoms with Crippen LogP contribution in [0.2, 0.25) is 0 Å². The van der Waals surface area contributed by atoms with E-state index >= 15 is 0 Å². The lowest BCUT2D eigenvalue weighted by Gasteiger charge is -2.19. The Kier molecular flexibility index (Phi) is 4.44. The molecule has 0 atom stereocenters. The van der Waals surface area contributed by atoms with Crippen LogP contribution < -0.4 is 0 Å². The van der Waals surface area contributed by atoms with Gasteiger partial charge in [0.15, 0.2) is 0 Å². The molecule has 0 aliphatic heterocycles. The molecule has 4 heteroatoms. The van der Waals surface area contributed by atoms with Crippen LogP contribution in [-0.2, 0) is 0 Å². The van der Waals surface area contributed by atoms with Crippen LogP contribution in [0.4, 0.5) is 0 Å². The largest absolute Gasteiger partial charge is 0.352 e. The van der Waals surface area contributed by atoms with Crippen molar-refractivity contribution >= 4 is 17.5 Å². The first kappa shape index (κ1) is 14.4. The van der Waals surface area contributed by atoms with E-state index in [-0.39, 0.29) is 11.7 Å². The lowest BCUT2D eigenvalue weighted by Crippen LogP contribution is -2.17. The molecular formula is C17H19NO2S. The zero-order valence-corrected chi connectivity index (χ0v) is 13.0. The lowest BCUT2D eigenvalue weighted by atomic mass is 9.85. The van der Waals surface area contributed by atoms with Crippen LogP contribution in [0.25, 0.3) is 0 Å². The topological polar surface area (TPSA) is 43.1 Å². The predicted octanol–water partition coefficient (Wildman–Crippen LogP) is 4.90. The van der Waals surface area contributed by atoms with E-state index < -0.39 is 0 Å². The summed E-state index contributed by atoms with van der Waals surface area (Å²) in [4.78, 5) is 14.6. The first-order chi connectivity index (χ1) is 10.3. The van der Waals surface area contributed by atoms with Gasteiger partial charge in [-0.3, -0.25) is 4.79 Å². The summed E-state index contributed by atoms with van der Waals surface area (Å²) >= 11 is 1.56. The molecule has 1 aliphatic rings. The van der Waals surface area contributed by atoms with Crippen molar-refractivity contribution in [3.05, 3.63) is 41.8 Å². The van der Waals surface area contributed by atoms with E-state index in [9.17, 15) is 4.79 Å². The van der Waals surface area contributed by atoms with E-state index in [1.807, 2.05) is 37.3 Å². The number of hydrogen-bond donors (Lipinski definition) is 0. The Morgan fingerprint density at radius 1 is 1.19 bits per heavy atom. The first-order valence-electron chi connectivity index (χ1n) is 7.49. The van der Waals surface area contributed by atoms with Crippen LogP contribution in [0.15, 0.2) is 44.6 Å². The standard InChI is InChI=1S/C17H19NO2S/c1-12-17(21-14-10-6-3-7-11-14)16(20-18-12)15(19)13-8-4-2-5-9-13/h3,6-7,10-11,13H,2,4-5,8-9H2,1H3. The maximum atomic E-state index is 12.7. The van der Waals surface area contributed by atoms with Crippen LogP contribution in [0.5, 0.6) is 0 Å². The molecule has 110 valence electrons. The molecule has 0 saturated heterocycles. The molecule has 0 spiro atoms. The summed E-state index contributed by atoms with van der Waals surface area (Å²) in [6.07, 6.45) is 5.49. The van der Waals surface area contributed by atoms with Crippen LogP contribution in [0.3, 0.4) is 0 Å². The zero-order chi connectivity index (χ0) is 14.7. The van der Waals surface area contributed by atoms with Crippen molar-refractivity contribution in [2.24, 2.45) is 5.92 Å². The van der Waals surface area contributed by atoms with Gasteiger partial charge in [-0.05, 0) is 31.9 Å². The minimum absolute atomic E-state index is 0.112. The van der Waals surface area contributed by atoms with Gasteiger partial charge in [-0.2, -0.15) is 0 Å². The SMILES string of the molecule is Cc1noc(C(=O)C2CCCCC2)c1Sc1ccccc1. The molecule has 2 aromatic rings. The Balaban J connectivity index is 1.84. The summed E-state index contributed by atoms with van der Waals surface area (Å²) in [6, 6.07) is 10.0. The summed E-state index contributed by atoms with van der Waals surface area (Å²) in [6.45, 7) is 1.90. The maximum absolute atomic E-state index is 12.7. The van der Waals surface area contributed by atoms with Gasteiger partial charge in [0.25, 0.3) is 0 Å². The first-order valence-corrected chi connectivity index (χ1v) is 8.31. The van der Waals surface area contributed by atoms with Crippen molar-refractivity contribution < 1.29 is 9.32 Å². The second-order valence-electron chi connectivity index (χ2n) is 5.54. The van der Waals surface area contributed by atoms with Gasteiger partial charge >= 0.3 is 0 Å². The number of aryl methyl sites for hydroxylation is 1. The van der Waals surface area contributed by atoms with Crippen LogP contribution in [0.1, 0.15) is 48.4 Å². The van der Waals surface area contributed by atoms with E-state index in [0.717, 1.165) is 41.2 Å². The normalized spacial score (nSPS) is 16.0. The zero-order valence-electron chi connectivity index (χ0n) is 12.2. The lowest BCUT2D eigenvalue weighted by molar-refractivity contribution is 0.0847. The molecule has 3 rings (SSSR count). The van der Waals surface area contributed by atoms with Gasteiger partial charge in [0.1, 0.15) is 0 Å². The molecule has 0 bridgehead atoms. The third-order valence-corrected chi connectivity index (χ3v) is 5.16. The number of nitrogens with zero attached hydrogens (tertiary/aromatic N) is 1. The highest BCUT2D eigenvalue weighted by Gasteiger charge is 2.29. The van der Waals surface area contributed by atoms with Crippen molar-refractivity contribution in [1.29, 1.82) is 0 Å². The molecule has 0 unspecified atom stereocenters. The molecule has 0 N–H and O–H groups in total. The summed E-state index contributed by atoms with van der Waals surface area (Å²) in [5.41, 5.74) is 0.794. The number of carbonyl (C=O) groups excluding carboxylic acids is 1. The minimum atomic E-state index is 0.112. The fraction of sp³-hybridized carbons (Fsp3) is 0.412. The fourth-order valence-corrected chi connectivity index (χ4v) is 3.74. The van der Waals surface area contributed by atoms with Gasteiger partial charge in [-0.15, -0.1) is 0 Å². The molecule has 1 fully saturated rings. The average molecular weight is 301 g/mol. The molecule has 1 saturated carbocycles. The second-order valence-corrected chi connectivity index (χ2v) is 6.62. The predicted molar refractivity (Wildman–Crippen MR) is 82.7 cm³/mol. The Bertz CT molecular complexity index is 615. The third-order valence-electron chi connectivity index (χ3n) is 3.97. The highest BCUT2D eigenvalue weighted by Crippen LogP contribution is 2.36. The number of rotatable bonds is 4. The Labute approximate surface area is 129 Å². The van der Waals surface area contributed by atoms with E-state index in [0.29, 0.717) is 5.76 Å². The molecule has 21 heavy (non-hydrogen) atoms. The number of aromatic nitrogens is 1. The van der Waals surface area contributed by atoms with Gasteiger partial charge in [-0.1, -0.05) is 54.4 Å². The molecule has 1 aliphatic carbocycles. The van der Waals surface area contributed by atoms with Gasteiger partial charge in [0.05, 0.1) is 10.6 Å². The quantitative estimate of drug-likeness (QED) is 0.753. The highest BCUT2D eigenvalue weighted by atomic mass is 32.2. The summed E-state index contributed by atoms with van der Waals surface area (Å²) in [5.74, 6) is 0.697. The summed E-state index contributed by atoms with van der Waals surface area (Å²) in [5, 5.41) is 4.01. The van der Waals surface area contributed by atoms with E-state index in [4.69, 9.17) is 4.52 Å². The summed E-state index contributed by atoms with van der Waals surface area (Å²) in [7, 11) is 0. The number of Topliss-reactive ketones (excluding diaryl/α,β-unsaturated/α-hetero) is 1. The number of benzene rings is 1. The Morgan fingerprint density at radius 2 is 1.90 bits per heavy atom. The molecule has 1 aromatic heterocycles. The van der Waals surface area contributed by atoms with Crippen molar-refractivity contribution in [2.75, 3.05) is 0 Å². The third kappa shape index (κ3) is 3.21.